The van der Waals surface area contributed by atoms with Crippen molar-refractivity contribution >= 4 is 10.9 Å². The third-order valence-corrected chi connectivity index (χ3v) is 2.94. The Balaban J connectivity index is 2.52. The molecule has 0 saturated heterocycles. The van der Waals surface area contributed by atoms with Crippen LogP contribution in [-0.4, -0.2) is 18.1 Å². The molecule has 2 aromatic rings. The highest BCUT2D eigenvalue weighted by atomic mass is 16.5. The van der Waals surface area contributed by atoms with Crippen LogP contribution in [0.2, 0.25) is 0 Å². The van der Waals surface area contributed by atoms with E-state index in [-0.39, 0.29) is 0 Å². The molecule has 0 unspecified atom stereocenters. The molecule has 3 nitrogen and oxygen atoms in total. The number of rotatable bonds is 4. The van der Waals surface area contributed by atoms with Gasteiger partial charge >= 0.3 is 0 Å². The minimum absolute atomic E-state index is 0.471. The molecule has 0 spiro atoms. The largest absolute Gasteiger partial charge is 0.494 e. The van der Waals surface area contributed by atoms with E-state index in [1.807, 2.05) is 19.1 Å². The third kappa shape index (κ3) is 2.62. The van der Waals surface area contributed by atoms with E-state index < -0.39 is 0 Å². The number of aryl methyl sites for hydroxylation is 1. The van der Waals surface area contributed by atoms with Gasteiger partial charge in [-0.1, -0.05) is 26.0 Å². The van der Waals surface area contributed by atoms with Gasteiger partial charge in [0.15, 0.2) is 0 Å². The lowest BCUT2D eigenvalue weighted by Gasteiger charge is -2.13. The van der Waals surface area contributed by atoms with Gasteiger partial charge in [-0.15, -0.1) is 0 Å². The Morgan fingerprint density at radius 3 is 2.78 bits per heavy atom. The zero-order valence-electron chi connectivity index (χ0n) is 11.4. The zero-order valence-corrected chi connectivity index (χ0v) is 11.4. The molecule has 1 aromatic heterocycles. The highest BCUT2D eigenvalue weighted by Gasteiger charge is 2.08. The van der Waals surface area contributed by atoms with E-state index in [4.69, 9.17) is 4.74 Å². The minimum atomic E-state index is 0.471. The van der Waals surface area contributed by atoms with Gasteiger partial charge in [0.05, 0.1) is 7.11 Å². The summed E-state index contributed by atoms with van der Waals surface area (Å²) >= 11 is 0. The summed E-state index contributed by atoms with van der Waals surface area (Å²) in [4.78, 5) is 4.58. The number of ether oxygens (including phenoxy) is 1. The number of para-hydroxylation sites is 1. The molecule has 0 aliphatic carbocycles. The normalized spacial score (nSPS) is 11.2. The van der Waals surface area contributed by atoms with Crippen molar-refractivity contribution in [3.8, 4) is 5.75 Å². The molecule has 1 N–H and O–H groups in total. The van der Waals surface area contributed by atoms with Crippen molar-refractivity contribution in [1.29, 1.82) is 0 Å². The maximum atomic E-state index is 5.38. The van der Waals surface area contributed by atoms with Gasteiger partial charge in [-0.3, -0.25) is 0 Å². The second kappa shape index (κ2) is 5.36. The number of methoxy groups -OCH3 is 1. The van der Waals surface area contributed by atoms with Gasteiger partial charge in [-0.05, 0) is 24.6 Å². The van der Waals surface area contributed by atoms with Crippen LogP contribution < -0.4 is 10.1 Å². The average molecular weight is 244 g/mol. The Hall–Kier alpha value is -1.61. The van der Waals surface area contributed by atoms with E-state index >= 15 is 0 Å². The average Bonchev–Trinajstić information content (AvgIpc) is 2.35. The lowest BCUT2D eigenvalue weighted by Crippen LogP contribution is -2.22. The van der Waals surface area contributed by atoms with Crippen LogP contribution in [0.5, 0.6) is 5.75 Å². The predicted octanol–water partition coefficient (Wildman–Crippen LogP) is 3.05. The summed E-state index contributed by atoms with van der Waals surface area (Å²) in [5.41, 5.74) is 3.23. The number of hydrogen-bond acceptors (Lipinski definition) is 3. The number of pyridine rings is 1. The molecule has 1 aromatic carbocycles. The van der Waals surface area contributed by atoms with Gasteiger partial charge in [-0.2, -0.15) is 0 Å². The Labute approximate surface area is 108 Å². The van der Waals surface area contributed by atoms with Crippen LogP contribution in [0.3, 0.4) is 0 Å². The summed E-state index contributed by atoms with van der Waals surface area (Å²) < 4.78 is 5.38. The number of fused-ring (bicyclic) bond motifs is 1. The summed E-state index contributed by atoms with van der Waals surface area (Å²) in [6, 6.07) is 8.67. The van der Waals surface area contributed by atoms with Crippen LogP contribution in [0.25, 0.3) is 10.9 Å². The van der Waals surface area contributed by atoms with Crippen molar-refractivity contribution in [1.82, 2.24) is 10.3 Å². The summed E-state index contributed by atoms with van der Waals surface area (Å²) in [5.74, 6) is 0.835. The van der Waals surface area contributed by atoms with Crippen molar-refractivity contribution < 1.29 is 4.74 Å². The molecule has 0 aliphatic heterocycles. The molecule has 2 rings (SSSR count). The number of nitrogens with zero attached hydrogens (tertiary/aromatic N) is 1. The second-order valence-electron chi connectivity index (χ2n) is 4.81. The first kappa shape index (κ1) is 12.8. The Morgan fingerprint density at radius 2 is 2.11 bits per heavy atom. The lowest BCUT2D eigenvalue weighted by molar-refractivity contribution is 0.419. The Morgan fingerprint density at radius 1 is 1.33 bits per heavy atom. The van der Waals surface area contributed by atoms with Gasteiger partial charge < -0.3 is 10.1 Å². The van der Waals surface area contributed by atoms with Gasteiger partial charge in [0, 0.05) is 23.7 Å². The first-order valence-electron chi connectivity index (χ1n) is 6.28. The van der Waals surface area contributed by atoms with E-state index in [1.54, 1.807) is 7.11 Å². The van der Waals surface area contributed by atoms with Crippen LogP contribution in [-0.2, 0) is 6.54 Å². The van der Waals surface area contributed by atoms with Crippen LogP contribution in [0.4, 0.5) is 0 Å². The quantitative estimate of drug-likeness (QED) is 0.897. The summed E-state index contributed by atoms with van der Waals surface area (Å²) in [7, 11) is 1.69. The molecule has 0 fully saturated rings. The summed E-state index contributed by atoms with van der Waals surface area (Å²) in [5, 5.41) is 4.61. The van der Waals surface area contributed by atoms with Crippen LogP contribution in [0, 0.1) is 6.92 Å². The zero-order chi connectivity index (χ0) is 13.1. The second-order valence-corrected chi connectivity index (χ2v) is 4.81. The van der Waals surface area contributed by atoms with E-state index in [0.717, 1.165) is 28.9 Å². The highest BCUT2D eigenvalue weighted by Crippen LogP contribution is 2.26. The maximum Gasteiger partial charge on any atom is 0.145 e. The molecular weight excluding hydrogens is 224 g/mol. The molecular formula is C15H20N2O. The van der Waals surface area contributed by atoms with Crippen molar-refractivity contribution in [3.05, 3.63) is 35.5 Å². The molecule has 1 heterocycles. The molecule has 18 heavy (non-hydrogen) atoms. The van der Waals surface area contributed by atoms with Crippen LogP contribution in [0.1, 0.15) is 25.1 Å². The summed E-state index contributed by atoms with van der Waals surface area (Å²) in [6.07, 6.45) is 0. The first-order chi connectivity index (χ1) is 8.61. The minimum Gasteiger partial charge on any atom is -0.494 e. The predicted molar refractivity (Wildman–Crippen MR) is 75.0 cm³/mol. The lowest BCUT2D eigenvalue weighted by atomic mass is 10.1. The van der Waals surface area contributed by atoms with Crippen molar-refractivity contribution in [2.24, 2.45) is 0 Å². The number of aromatic nitrogens is 1. The number of benzene rings is 1. The number of nitrogens with one attached hydrogen (secondary N) is 1. The molecule has 3 heteroatoms. The Kier molecular flexibility index (Phi) is 3.82. The molecule has 96 valence electrons. The van der Waals surface area contributed by atoms with Crippen molar-refractivity contribution in [3.63, 3.8) is 0 Å². The SMILES string of the molecule is COc1cccc2c(CNC(C)C)cc(C)nc12. The molecule has 0 bridgehead atoms. The van der Waals surface area contributed by atoms with Crippen molar-refractivity contribution in [2.75, 3.05) is 7.11 Å². The molecule has 0 saturated carbocycles. The topological polar surface area (TPSA) is 34.1 Å². The van der Waals surface area contributed by atoms with Crippen LogP contribution in [0.15, 0.2) is 24.3 Å². The number of hydrogen-bond donors (Lipinski definition) is 1. The highest BCUT2D eigenvalue weighted by molar-refractivity contribution is 5.87. The van der Waals surface area contributed by atoms with Gasteiger partial charge in [0.2, 0.25) is 0 Å². The maximum absolute atomic E-state index is 5.38. The van der Waals surface area contributed by atoms with E-state index in [2.05, 4.69) is 36.3 Å². The first-order valence-corrected chi connectivity index (χ1v) is 6.28. The van der Waals surface area contributed by atoms with Gasteiger partial charge in [-0.25, -0.2) is 4.98 Å². The fraction of sp³-hybridized carbons (Fsp3) is 0.400. The monoisotopic (exact) mass is 244 g/mol. The molecule has 0 radical (unpaired) electrons. The molecule has 0 atom stereocenters. The smallest absolute Gasteiger partial charge is 0.145 e. The van der Waals surface area contributed by atoms with Gasteiger partial charge in [0.25, 0.3) is 0 Å². The van der Waals surface area contributed by atoms with E-state index in [1.165, 1.54) is 5.56 Å². The van der Waals surface area contributed by atoms with E-state index in [9.17, 15) is 0 Å². The fourth-order valence-electron chi connectivity index (χ4n) is 2.06. The molecule has 0 aliphatic rings. The van der Waals surface area contributed by atoms with Crippen LogP contribution >= 0.6 is 0 Å². The fourth-order valence-corrected chi connectivity index (χ4v) is 2.06. The third-order valence-electron chi connectivity index (χ3n) is 2.94. The van der Waals surface area contributed by atoms with E-state index in [0.29, 0.717) is 6.04 Å². The summed E-state index contributed by atoms with van der Waals surface area (Å²) in [6.45, 7) is 7.17. The standard InChI is InChI=1S/C15H20N2O/c1-10(2)16-9-12-8-11(3)17-15-13(12)6-5-7-14(15)18-4/h5-8,10,16H,9H2,1-4H3. The van der Waals surface area contributed by atoms with Gasteiger partial charge in [0.1, 0.15) is 11.3 Å². The Bertz CT molecular complexity index is 549. The molecule has 0 amide bonds. The van der Waals surface area contributed by atoms with Crippen molar-refractivity contribution in [2.45, 2.75) is 33.4 Å².